The van der Waals surface area contributed by atoms with E-state index in [1.807, 2.05) is 21.7 Å². The van der Waals surface area contributed by atoms with Crippen molar-refractivity contribution in [1.82, 2.24) is 14.1 Å². The SMILES string of the molecule is CN(Cc1ccsc1)C(=O)CN1CCN(S(=O)(=O)c2cccs2)CC1. The number of likely N-dealkylation sites (N-methyl/N-ethyl adjacent to an activating group) is 1. The molecule has 9 heteroatoms. The first-order valence-corrected chi connectivity index (χ1v) is 11.2. The summed E-state index contributed by atoms with van der Waals surface area (Å²) in [7, 11) is -1.59. The molecule has 0 bridgehead atoms. The van der Waals surface area contributed by atoms with Crippen LogP contribution < -0.4 is 0 Å². The van der Waals surface area contributed by atoms with Crippen LogP contribution in [0.5, 0.6) is 0 Å². The monoisotopic (exact) mass is 399 g/mol. The van der Waals surface area contributed by atoms with E-state index in [2.05, 4.69) is 0 Å². The van der Waals surface area contributed by atoms with Gasteiger partial charge in [-0.15, -0.1) is 11.3 Å². The molecule has 2 aromatic heterocycles. The summed E-state index contributed by atoms with van der Waals surface area (Å²) in [5.74, 6) is 0.0563. The lowest BCUT2D eigenvalue weighted by Crippen LogP contribution is -2.51. The minimum absolute atomic E-state index is 0.0563. The molecular formula is C16H21N3O3S3. The lowest BCUT2D eigenvalue weighted by atomic mass is 10.3. The van der Waals surface area contributed by atoms with Crippen LogP contribution in [0.25, 0.3) is 0 Å². The Morgan fingerprint density at radius 1 is 1.20 bits per heavy atom. The molecule has 3 heterocycles. The lowest BCUT2D eigenvalue weighted by Gasteiger charge is -2.34. The molecule has 1 aliphatic rings. The average molecular weight is 400 g/mol. The normalized spacial score (nSPS) is 16.8. The van der Waals surface area contributed by atoms with Gasteiger partial charge in [-0.25, -0.2) is 8.42 Å². The number of carbonyl (C=O) groups excluding carboxylic acids is 1. The Kier molecular flexibility index (Phi) is 5.90. The van der Waals surface area contributed by atoms with E-state index < -0.39 is 10.0 Å². The maximum Gasteiger partial charge on any atom is 0.252 e. The van der Waals surface area contributed by atoms with Gasteiger partial charge in [-0.3, -0.25) is 9.69 Å². The first kappa shape index (κ1) is 18.5. The molecule has 1 fully saturated rings. The Balaban J connectivity index is 1.50. The van der Waals surface area contributed by atoms with Crippen LogP contribution in [-0.2, 0) is 21.4 Å². The number of thiophene rings is 2. The molecule has 1 saturated heterocycles. The Morgan fingerprint density at radius 2 is 1.96 bits per heavy atom. The van der Waals surface area contributed by atoms with Crippen molar-refractivity contribution >= 4 is 38.6 Å². The van der Waals surface area contributed by atoms with E-state index in [-0.39, 0.29) is 5.91 Å². The quantitative estimate of drug-likeness (QED) is 0.743. The van der Waals surface area contributed by atoms with Gasteiger partial charge < -0.3 is 4.90 Å². The maximum atomic E-state index is 12.5. The van der Waals surface area contributed by atoms with Gasteiger partial charge in [0.1, 0.15) is 4.21 Å². The van der Waals surface area contributed by atoms with Crippen LogP contribution >= 0.6 is 22.7 Å². The highest BCUT2D eigenvalue weighted by Crippen LogP contribution is 2.22. The fraction of sp³-hybridized carbons (Fsp3) is 0.438. The molecule has 1 aliphatic heterocycles. The Labute approximate surface area is 156 Å². The van der Waals surface area contributed by atoms with Crippen molar-refractivity contribution in [3.63, 3.8) is 0 Å². The van der Waals surface area contributed by atoms with Crippen LogP contribution in [0.15, 0.2) is 38.5 Å². The number of hydrogen-bond acceptors (Lipinski definition) is 6. The van der Waals surface area contributed by atoms with Crippen molar-refractivity contribution in [1.29, 1.82) is 0 Å². The van der Waals surface area contributed by atoms with Crippen LogP contribution in [0, 0.1) is 0 Å². The van der Waals surface area contributed by atoms with E-state index in [0.717, 1.165) is 5.56 Å². The molecule has 0 aromatic carbocycles. The second-order valence-corrected chi connectivity index (χ2v) is 9.89. The summed E-state index contributed by atoms with van der Waals surface area (Å²) >= 11 is 2.86. The van der Waals surface area contributed by atoms with E-state index in [1.54, 1.807) is 40.8 Å². The largest absolute Gasteiger partial charge is 0.340 e. The molecule has 2 aromatic rings. The zero-order valence-electron chi connectivity index (χ0n) is 14.0. The molecular weight excluding hydrogens is 378 g/mol. The van der Waals surface area contributed by atoms with Gasteiger partial charge in [0.2, 0.25) is 5.91 Å². The number of sulfonamides is 1. The minimum Gasteiger partial charge on any atom is -0.340 e. The van der Waals surface area contributed by atoms with Crippen LogP contribution in [0.3, 0.4) is 0 Å². The molecule has 0 atom stereocenters. The molecule has 25 heavy (non-hydrogen) atoms. The predicted molar refractivity (Wildman–Crippen MR) is 100 cm³/mol. The standard InChI is InChI=1S/C16H21N3O3S3/c1-17(11-14-4-10-23-13-14)15(20)12-18-5-7-19(8-6-18)25(21,22)16-3-2-9-24-16/h2-4,9-10,13H,5-8,11-12H2,1H3. The summed E-state index contributed by atoms with van der Waals surface area (Å²) in [6.07, 6.45) is 0. The summed E-state index contributed by atoms with van der Waals surface area (Å²) in [4.78, 5) is 16.1. The Bertz CT molecular complexity index is 780. The molecule has 6 nitrogen and oxygen atoms in total. The number of carbonyl (C=O) groups is 1. The topological polar surface area (TPSA) is 60.9 Å². The van der Waals surface area contributed by atoms with E-state index >= 15 is 0 Å². The molecule has 0 N–H and O–H groups in total. The molecule has 0 radical (unpaired) electrons. The van der Waals surface area contributed by atoms with Gasteiger partial charge >= 0.3 is 0 Å². The van der Waals surface area contributed by atoms with Crippen LogP contribution in [0.2, 0.25) is 0 Å². The highest BCUT2D eigenvalue weighted by molar-refractivity contribution is 7.91. The number of nitrogens with zero attached hydrogens (tertiary/aromatic N) is 3. The van der Waals surface area contributed by atoms with Gasteiger partial charge in [0.25, 0.3) is 10.0 Å². The number of hydrogen-bond donors (Lipinski definition) is 0. The summed E-state index contributed by atoms with van der Waals surface area (Å²) in [5.41, 5.74) is 1.13. The first-order chi connectivity index (χ1) is 12.0. The number of amides is 1. The second kappa shape index (κ2) is 7.96. The van der Waals surface area contributed by atoms with Crippen molar-refractivity contribution in [2.45, 2.75) is 10.8 Å². The van der Waals surface area contributed by atoms with Gasteiger partial charge in [-0.05, 0) is 33.8 Å². The van der Waals surface area contributed by atoms with Crippen molar-refractivity contribution in [3.05, 3.63) is 39.9 Å². The molecule has 3 rings (SSSR count). The third-order valence-electron chi connectivity index (χ3n) is 4.20. The molecule has 0 unspecified atom stereocenters. The Morgan fingerprint density at radius 3 is 2.56 bits per heavy atom. The fourth-order valence-electron chi connectivity index (χ4n) is 2.72. The van der Waals surface area contributed by atoms with Gasteiger partial charge in [0, 0.05) is 39.8 Å². The first-order valence-electron chi connectivity index (χ1n) is 7.98. The zero-order valence-corrected chi connectivity index (χ0v) is 16.4. The van der Waals surface area contributed by atoms with E-state index in [0.29, 0.717) is 43.5 Å². The molecule has 0 spiro atoms. The van der Waals surface area contributed by atoms with Gasteiger partial charge in [0.15, 0.2) is 0 Å². The maximum absolute atomic E-state index is 12.5. The average Bonchev–Trinajstić information content (AvgIpc) is 3.29. The Hall–Kier alpha value is -1.26. The van der Waals surface area contributed by atoms with Gasteiger partial charge in [0.05, 0.1) is 6.54 Å². The number of rotatable bonds is 6. The van der Waals surface area contributed by atoms with Gasteiger partial charge in [-0.1, -0.05) is 6.07 Å². The van der Waals surface area contributed by atoms with Crippen molar-refractivity contribution in [3.8, 4) is 0 Å². The summed E-state index contributed by atoms with van der Waals surface area (Å²) < 4.78 is 26.9. The van der Waals surface area contributed by atoms with E-state index in [4.69, 9.17) is 0 Å². The highest BCUT2D eigenvalue weighted by Gasteiger charge is 2.29. The smallest absolute Gasteiger partial charge is 0.252 e. The molecule has 136 valence electrons. The third-order valence-corrected chi connectivity index (χ3v) is 8.21. The summed E-state index contributed by atoms with van der Waals surface area (Å²) in [6.45, 7) is 2.91. The van der Waals surface area contributed by atoms with Crippen molar-refractivity contribution in [2.24, 2.45) is 0 Å². The van der Waals surface area contributed by atoms with E-state index in [9.17, 15) is 13.2 Å². The molecule has 1 amide bonds. The lowest BCUT2D eigenvalue weighted by molar-refractivity contribution is -0.131. The second-order valence-electron chi connectivity index (χ2n) is 5.99. The molecule has 0 saturated carbocycles. The summed E-state index contributed by atoms with van der Waals surface area (Å²) in [5, 5.41) is 5.81. The zero-order chi connectivity index (χ0) is 17.9. The van der Waals surface area contributed by atoms with Gasteiger partial charge in [-0.2, -0.15) is 15.6 Å². The predicted octanol–water partition coefficient (Wildman–Crippen LogP) is 1.77. The minimum atomic E-state index is -3.39. The van der Waals surface area contributed by atoms with E-state index in [1.165, 1.54) is 15.6 Å². The van der Waals surface area contributed by atoms with Crippen LogP contribution in [0.1, 0.15) is 5.56 Å². The third kappa shape index (κ3) is 4.48. The number of piperazine rings is 1. The van der Waals surface area contributed by atoms with Crippen molar-refractivity contribution < 1.29 is 13.2 Å². The fourth-order valence-corrected chi connectivity index (χ4v) is 5.95. The van der Waals surface area contributed by atoms with Crippen molar-refractivity contribution in [2.75, 3.05) is 39.8 Å². The summed E-state index contributed by atoms with van der Waals surface area (Å²) in [6, 6.07) is 5.40. The van der Waals surface area contributed by atoms with Crippen LogP contribution in [0.4, 0.5) is 0 Å². The highest BCUT2D eigenvalue weighted by atomic mass is 32.2. The molecule has 0 aliphatic carbocycles. The van der Waals surface area contributed by atoms with Crippen LogP contribution in [-0.4, -0.2) is 68.2 Å².